The average Bonchev–Trinajstić information content (AvgIpc) is 2.18. The van der Waals surface area contributed by atoms with Crippen LogP contribution in [0.25, 0.3) is 0 Å². The monoisotopic (exact) mass is 246 g/mol. The van der Waals surface area contributed by atoms with E-state index in [4.69, 9.17) is 11.6 Å². The molecule has 15 heavy (non-hydrogen) atoms. The van der Waals surface area contributed by atoms with E-state index >= 15 is 0 Å². The predicted octanol–water partition coefficient (Wildman–Crippen LogP) is 1.59. The van der Waals surface area contributed by atoms with Crippen molar-refractivity contribution >= 4 is 21.6 Å². The van der Waals surface area contributed by atoms with E-state index < -0.39 is 10.0 Å². The summed E-state index contributed by atoms with van der Waals surface area (Å²) in [6.45, 7) is 3.83. The van der Waals surface area contributed by atoms with Crippen LogP contribution in [0.2, 0.25) is 5.15 Å². The maximum Gasteiger partial charge on any atom is 0.242 e. The maximum atomic E-state index is 11.6. The molecule has 0 aliphatic carbocycles. The highest BCUT2D eigenvalue weighted by atomic mass is 35.5. The molecular formula is C9H11ClN2O2S. The molecular weight excluding hydrogens is 236 g/mol. The summed E-state index contributed by atoms with van der Waals surface area (Å²) in [5.41, 5.74) is 0. The largest absolute Gasteiger partial charge is 0.243 e. The van der Waals surface area contributed by atoms with Crippen LogP contribution in [0.4, 0.5) is 0 Å². The van der Waals surface area contributed by atoms with Crippen LogP contribution in [-0.2, 0) is 10.0 Å². The summed E-state index contributed by atoms with van der Waals surface area (Å²) in [7, 11) is -3.47. The van der Waals surface area contributed by atoms with E-state index in [0.717, 1.165) is 0 Å². The van der Waals surface area contributed by atoms with E-state index in [-0.39, 0.29) is 10.0 Å². The molecule has 4 nitrogen and oxygen atoms in total. The van der Waals surface area contributed by atoms with Crippen LogP contribution >= 0.6 is 11.6 Å². The van der Waals surface area contributed by atoms with Gasteiger partial charge in [-0.05, 0) is 18.6 Å². The van der Waals surface area contributed by atoms with Gasteiger partial charge in [-0.1, -0.05) is 17.7 Å². The van der Waals surface area contributed by atoms with Crippen molar-refractivity contribution in [3.05, 3.63) is 36.1 Å². The molecule has 0 spiro atoms. The summed E-state index contributed by atoms with van der Waals surface area (Å²) in [5.74, 6) is 0. The van der Waals surface area contributed by atoms with Gasteiger partial charge in [-0.25, -0.2) is 18.1 Å². The maximum absolute atomic E-state index is 11.6. The number of nitrogens with zero attached hydrogens (tertiary/aromatic N) is 1. The number of rotatable bonds is 5. The molecule has 6 heteroatoms. The summed E-state index contributed by atoms with van der Waals surface area (Å²) in [4.78, 5) is 3.81. The fourth-order valence-electron chi connectivity index (χ4n) is 0.900. The highest BCUT2D eigenvalue weighted by Crippen LogP contribution is 2.10. The van der Waals surface area contributed by atoms with Crippen molar-refractivity contribution in [2.24, 2.45) is 0 Å². The van der Waals surface area contributed by atoms with Crippen molar-refractivity contribution in [1.82, 2.24) is 9.71 Å². The molecule has 0 unspecified atom stereocenters. The predicted molar refractivity (Wildman–Crippen MR) is 59.2 cm³/mol. The Balaban J connectivity index is 2.77. The lowest BCUT2D eigenvalue weighted by Crippen LogP contribution is -2.24. The minimum absolute atomic E-state index is 0.107. The molecule has 0 atom stereocenters. The highest BCUT2D eigenvalue weighted by Gasteiger charge is 2.12. The molecule has 0 aliphatic heterocycles. The Labute approximate surface area is 94.0 Å². The van der Waals surface area contributed by atoms with Crippen LogP contribution in [0.1, 0.15) is 6.42 Å². The van der Waals surface area contributed by atoms with Crippen LogP contribution in [0.3, 0.4) is 0 Å². The molecule has 1 rings (SSSR count). The number of sulfonamides is 1. The van der Waals surface area contributed by atoms with E-state index in [2.05, 4.69) is 16.3 Å². The molecule has 1 aromatic rings. The molecule has 0 saturated heterocycles. The van der Waals surface area contributed by atoms with E-state index in [9.17, 15) is 8.42 Å². The molecule has 0 aliphatic rings. The molecule has 1 heterocycles. The van der Waals surface area contributed by atoms with Crippen molar-refractivity contribution in [3.8, 4) is 0 Å². The minimum atomic E-state index is -3.47. The number of aromatic nitrogens is 1. The van der Waals surface area contributed by atoms with Crippen molar-refractivity contribution < 1.29 is 8.42 Å². The van der Waals surface area contributed by atoms with E-state index in [1.165, 1.54) is 18.3 Å². The normalized spacial score (nSPS) is 11.3. The number of pyridine rings is 1. The molecule has 0 fully saturated rings. The lowest BCUT2D eigenvalue weighted by molar-refractivity contribution is 0.581. The second-order valence-corrected chi connectivity index (χ2v) is 4.95. The smallest absolute Gasteiger partial charge is 0.242 e. The topological polar surface area (TPSA) is 59.1 Å². The molecule has 0 saturated carbocycles. The first-order valence-corrected chi connectivity index (χ1v) is 6.14. The van der Waals surface area contributed by atoms with Gasteiger partial charge >= 0.3 is 0 Å². The second kappa shape index (κ2) is 5.25. The van der Waals surface area contributed by atoms with Crippen molar-refractivity contribution in [3.63, 3.8) is 0 Å². The third kappa shape index (κ3) is 3.62. The van der Waals surface area contributed by atoms with E-state index in [1.54, 1.807) is 6.08 Å². The molecule has 0 aromatic carbocycles. The first kappa shape index (κ1) is 12.2. The number of hydrogen-bond acceptors (Lipinski definition) is 3. The van der Waals surface area contributed by atoms with Gasteiger partial charge in [0, 0.05) is 12.7 Å². The molecule has 0 radical (unpaired) electrons. The van der Waals surface area contributed by atoms with Gasteiger partial charge in [-0.2, -0.15) is 0 Å². The minimum Gasteiger partial charge on any atom is -0.243 e. The Morgan fingerprint density at radius 3 is 2.80 bits per heavy atom. The number of halogens is 1. The van der Waals surface area contributed by atoms with Gasteiger partial charge in [0.2, 0.25) is 10.0 Å². The lowest BCUT2D eigenvalue weighted by atomic mass is 10.4. The van der Waals surface area contributed by atoms with Gasteiger partial charge in [-0.15, -0.1) is 6.58 Å². The Kier molecular flexibility index (Phi) is 4.26. The summed E-state index contributed by atoms with van der Waals surface area (Å²) in [6, 6.07) is 2.84. The van der Waals surface area contributed by atoms with Gasteiger partial charge in [0.25, 0.3) is 0 Å². The Bertz CT molecular complexity index is 428. The lowest BCUT2D eigenvalue weighted by Gasteiger charge is -2.04. The molecule has 1 aromatic heterocycles. The SMILES string of the molecule is C=CCCNS(=O)(=O)c1ccc(Cl)nc1. The Hall–Kier alpha value is -0.910. The zero-order chi connectivity index (χ0) is 11.3. The quantitative estimate of drug-likeness (QED) is 0.488. The summed E-state index contributed by atoms with van der Waals surface area (Å²) in [5, 5.41) is 0.264. The number of nitrogens with one attached hydrogen (secondary N) is 1. The summed E-state index contributed by atoms with van der Waals surface area (Å²) < 4.78 is 25.6. The van der Waals surface area contributed by atoms with E-state index in [1.807, 2.05) is 0 Å². The Morgan fingerprint density at radius 1 is 1.53 bits per heavy atom. The zero-order valence-electron chi connectivity index (χ0n) is 7.98. The first-order valence-electron chi connectivity index (χ1n) is 4.28. The second-order valence-electron chi connectivity index (χ2n) is 2.79. The van der Waals surface area contributed by atoms with Gasteiger partial charge < -0.3 is 0 Å². The van der Waals surface area contributed by atoms with Crippen molar-refractivity contribution in [2.45, 2.75) is 11.3 Å². The first-order chi connectivity index (χ1) is 7.06. The highest BCUT2D eigenvalue weighted by molar-refractivity contribution is 7.89. The molecule has 0 amide bonds. The van der Waals surface area contributed by atoms with Crippen LogP contribution < -0.4 is 4.72 Å². The third-order valence-corrected chi connectivity index (χ3v) is 3.32. The molecule has 0 bridgehead atoms. The molecule has 82 valence electrons. The van der Waals surface area contributed by atoms with Gasteiger partial charge in [0.05, 0.1) is 0 Å². The fourth-order valence-corrected chi connectivity index (χ4v) is 2.00. The summed E-state index contributed by atoms with van der Waals surface area (Å²) in [6.07, 6.45) is 3.45. The van der Waals surface area contributed by atoms with Crippen molar-refractivity contribution in [2.75, 3.05) is 6.54 Å². The standard InChI is InChI=1S/C9H11ClN2O2S/c1-2-3-6-12-15(13,14)8-4-5-9(10)11-7-8/h2,4-5,7,12H,1,3,6H2. The zero-order valence-corrected chi connectivity index (χ0v) is 9.55. The molecule has 1 N–H and O–H groups in total. The van der Waals surface area contributed by atoms with E-state index in [0.29, 0.717) is 13.0 Å². The third-order valence-electron chi connectivity index (χ3n) is 1.65. The van der Waals surface area contributed by atoms with Crippen LogP contribution in [-0.4, -0.2) is 19.9 Å². The van der Waals surface area contributed by atoms with Gasteiger partial charge in [0.15, 0.2) is 0 Å². The fraction of sp³-hybridized carbons (Fsp3) is 0.222. The number of hydrogen-bond donors (Lipinski definition) is 1. The van der Waals surface area contributed by atoms with Gasteiger partial charge in [0.1, 0.15) is 10.0 Å². The average molecular weight is 247 g/mol. The van der Waals surface area contributed by atoms with Crippen LogP contribution in [0.15, 0.2) is 35.9 Å². The van der Waals surface area contributed by atoms with Crippen molar-refractivity contribution in [1.29, 1.82) is 0 Å². The van der Waals surface area contributed by atoms with Crippen LogP contribution in [0.5, 0.6) is 0 Å². The van der Waals surface area contributed by atoms with Gasteiger partial charge in [-0.3, -0.25) is 0 Å². The summed E-state index contributed by atoms with van der Waals surface area (Å²) >= 11 is 5.55. The van der Waals surface area contributed by atoms with Crippen LogP contribution in [0, 0.1) is 0 Å². The Morgan fingerprint density at radius 2 is 2.27 bits per heavy atom.